The number of ether oxygens (including phenoxy) is 1. The molecular formula is C15H14N4O2. The molecule has 106 valence electrons. The third kappa shape index (κ3) is 3.17. The molecule has 2 heterocycles. The van der Waals surface area contributed by atoms with Crippen LogP contribution in [0.25, 0.3) is 11.5 Å². The van der Waals surface area contributed by atoms with Crippen LogP contribution in [0.5, 0.6) is 5.75 Å². The Morgan fingerprint density at radius 2 is 2.14 bits per heavy atom. The minimum atomic E-state index is 0.183. The Hall–Kier alpha value is -2.89. The maximum absolute atomic E-state index is 5.68. The van der Waals surface area contributed by atoms with Crippen LogP contribution in [-0.4, -0.2) is 15.1 Å². The fourth-order valence-electron chi connectivity index (χ4n) is 1.83. The summed E-state index contributed by atoms with van der Waals surface area (Å²) in [6, 6.07) is 11.0. The molecule has 0 aliphatic rings. The summed E-state index contributed by atoms with van der Waals surface area (Å²) >= 11 is 0. The van der Waals surface area contributed by atoms with Gasteiger partial charge in [0.25, 0.3) is 5.89 Å². The van der Waals surface area contributed by atoms with Crippen molar-refractivity contribution in [1.82, 2.24) is 15.1 Å². The number of rotatable bonds is 4. The van der Waals surface area contributed by atoms with Gasteiger partial charge < -0.3 is 15.0 Å². The van der Waals surface area contributed by atoms with Gasteiger partial charge in [-0.05, 0) is 36.8 Å². The second-order valence-electron chi connectivity index (χ2n) is 4.59. The summed E-state index contributed by atoms with van der Waals surface area (Å²) in [6.45, 7) is 2.16. The number of nitrogens with zero attached hydrogens (tertiary/aromatic N) is 3. The van der Waals surface area contributed by atoms with E-state index in [0.29, 0.717) is 28.8 Å². The molecule has 0 bridgehead atoms. The van der Waals surface area contributed by atoms with E-state index < -0.39 is 0 Å². The molecule has 0 atom stereocenters. The van der Waals surface area contributed by atoms with Crippen LogP contribution in [0.3, 0.4) is 0 Å². The Balaban J connectivity index is 1.71. The maximum Gasteiger partial charge on any atom is 0.264 e. The minimum absolute atomic E-state index is 0.183. The predicted molar refractivity (Wildman–Crippen MR) is 77.5 cm³/mol. The van der Waals surface area contributed by atoms with Gasteiger partial charge in [-0.25, -0.2) is 0 Å². The van der Waals surface area contributed by atoms with Gasteiger partial charge in [0.15, 0.2) is 6.61 Å². The maximum atomic E-state index is 5.68. The van der Waals surface area contributed by atoms with Gasteiger partial charge in [-0.3, -0.25) is 4.98 Å². The Morgan fingerprint density at radius 3 is 2.95 bits per heavy atom. The van der Waals surface area contributed by atoms with Crippen molar-refractivity contribution in [2.24, 2.45) is 0 Å². The molecule has 3 rings (SSSR count). The van der Waals surface area contributed by atoms with Crippen molar-refractivity contribution >= 4 is 5.69 Å². The third-order valence-corrected chi connectivity index (χ3v) is 2.83. The van der Waals surface area contributed by atoms with Crippen molar-refractivity contribution in [2.75, 3.05) is 5.73 Å². The van der Waals surface area contributed by atoms with Crippen LogP contribution in [0.2, 0.25) is 0 Å². The molecule has 2 N–H and O–H groups in total. The zero-order valence-electron chi connectivity index (χ0n) is 11.5. The van der Waals surface area contributed by atoms with E-state index in [4.69, 9.17) is 15.0 Å². The summed E-state index contributed by atoms with van der Waals surface area (Å²) in [5.41, 5.74) is 8.08. The minimum Gasteiger partial charge on any atom is -0.484 e. The van der Waals surface area contributed by atoms with E-state index in [0.717, 1.165) is 5.56 Å². The van der Waals surface area contributed by atoms with Crippen molar-refractivity contribution in [1.29, 1.82) is 0 Å². The molecule has 1 aromatic carbocycles. The normalized spacial score (nSPS) is 10.5. The van der Waals surface area contributed by atoms with E-state index >= 15 is 0 Å². The van der Waals surface area contributed by atoms with Gasteiger partial charge in [-0.1, -0.05) is 11.2 Å². The highest BCUT2D eigenvalue weighted by molar-refractivity contribution is 5.49. The zero-order valence-corrected chi connectivity index (χ0v) is 11.5. The number of pyridine rings is 1. The van der Waals surface area contributed by atoms with E-state index in [2.05, 4.69) is 15.1 Å². The number of aryl methyl sites for hydroxylation is 1. The van der Waals surface area contributed by atoms with Crippen molar-refractivity contribution in [3.05, 3.63) is 54.0 Å². The average molecular weight is 282 g/mol. The summed E-state index contributed by atoms with van der Waals surface area (Å²) in [4.78, 5) is 8.47. The molecule has 0 fully saturated rings. The van der Waals surface area contributed by atoms with Crippen LogP contribution in [0, 0.1) is 6.92 Å². The van der Waals surface area contributed by atoms with Gasteiger partial charge in [0, 0.05) is 18.0 Å². The second-order valence-corrected chi connectivity index (χ2v) is 4.59. The van der Waals surface area contributed by atoms with E-state index in [1.165, 1.54) is 0 Å². The monoisotopic (exact) mass is 282 g/mol. The molecule has 21 heavy (non-hydrogen) atoms. The first-order valence-corrected chi connectivity index (χ1v) is 6.45. The molecular weight excluding hydrogens is 268 g/mol. The SMILES string of the molecule is Cc1ccnc(-c2noc(COc3cccc(N)c3)n2)c1. The topological polar surface area (TPSA) is 87.1 Å². The molecule has 0 aliphatic carbocycles. The molecule has 0 radical (unpaired) electrons. The lowest BCUT2D eigenvalue weighted by molar-refractivity contribution is 0.243. The van der Waals surface area contributed by atoms with E-state index in [9.17, 15) is 0 Å². The van der Waals surface area contributed by atoms with Crippen LogP contribution >= 0.6 is 0 Å². The lowest BCUT2D eigenvalue weighted by Crippen LogP contribution is -1.96. The van der Waals surface area contributed by atoms with Crippen molar-refractivity contribution in [3.63, 3.8) is 0 Å². The average Bonchev–Trinajstić information content (AvgIpc) is 2.94. The fourth-order valence-corrected chi connectivity index (χ4v) is 1.83. The number of nitrogen functional groups attached to an aromatic ring is 1. The molecule has 3 aromatic rings. The zero-order chi connectivity index (χ0) is 14.7. The molecule has 6 heteroatoms. The van der Waals surface area contributed by atoms with Gasteiger partial charge in [0.05, 0.1) is 0 Å². The summed E-state index contributed by atoms with van der Waals surface area (Å²) in [7, 11) is 0. The van der Waals surface area contributed by atoms with Crippen LogP contribution in [0.4, 0.5) is 5.69 Å². The second kappa shape index (κ2) is 5.62. The molecule has 0 saturated carbocycles. The highest BCUT2D eigenvalue weighted by atomic mass is 16.5. The fraction of sp³-hybridized carbons (Fsp3) is 0.133. The first-order valence-electron chi connectivity index (χ1n) is 6.45. The van der Waals surface area contributed by atoms with Crippen molar-refractivity contribution in [2.45, 2.75) is 13.5 Å². The molecule has 0 amide bonds. The lowest BCUT2D eigenvalue weighted by Gasteiger charge is -2.03. The highest BCUT2D eigenvalue weighted by Crippen LogP contribution is 2.17. The summed E-state index contributed by atoms with van der Waals surface area (Å²) in [6.07, 6.45) is 1.71. The number of nitrogens with two attached hydrogens (primary N) is 1. The number of hydrogen-bond acceptors (Lipinski definition) is 6. The van der Waals surface area contributed by atoms with Crippen LogP contribution in [0.1, 0.15) is 11.5 Å². The first-order chi connectivity index (χ1) is 10.2. The molecule has 2 aromatic heterocycles. The van der Waals surface area contributed by atoms with Gasteiger partial charge in [0.1, 0.15) is 11.4 Å². The summed E-state index contributed by atoms with van der Waals surface area (Å²) in [5.74, 6) is 1.49. The third-order valence-electron chi connectivity index (χ3n) is 2.83. The van der Waals surface area contributed by atoms with Crippen LogP contribution in [0.15, 0.2) is 47.1 Å². The Labute approximate surface area is 121 Å². The largest absolute Gasteiger partial charge is 0.484 e. The standard InChI is InChI=1S/C15H14N4O2/c1-10-5-6-17-13(7-10)15-18-14(21-19-15)9-20-12-4-2-3-11(16)8-12/h2-8H,9,16H2,1H3. The van der Waals surface area contributed by atoms with Crippen LogP contribution < -0.4 is 10.5 Å². The molecule has 0 aliphatic heterocycles. The van der Waals surface area contributed by atoms with Crippen LogP contribution in [-0.2, 0) is 6.61 Å². The number of anilines is 1. The van der Waals surface area contributed by atoms with E-state index in [1.54, 1.807) is 18.3 Å². The van der Waals surface area contributed by atoms with Crippen molar-refractivity contribution < 1.29 is 9.26 Å². The smallest absolute Gasteiger partial charge is 0.264 e. The Kier molecular flexibility index (Phi) is 3.51. The lowest BCUT2D eigenvalue weighted by atomic mass is 10.2. The van der Waals surface area contributed by atoms with Gasteiger partial charge in [-0.2, -0.15) is 4.98 Å². The van der Waals surface area contributed by atoms with Gasteiger partial charge in [0.2, 0.25) is 5.82 Å². The Bertz CT molecular complexity index is 755. The molecule has 6 nitrogen and oxygen atoms in total. The summed E-state index contributed by atoms with van der Waals surface area (Å²) in [5, 5.41) is 3.90. The molecule has 0 spiro atoms. The van der Waals surface area contributed by atoms with E-state index in [-0.39, 0.29) is 6.61 Å². The first kappa shape index (κ1) is 13.1. The summed E-state index contributed by atoms with van der Waals surface area (Å²) < 4.78 is 10.7. The number of aromatic nitrogens is 3. The van der Waals surface area contributed by atoms with Crippen molar-refractivity contribution in [3.8, 4) is 17.3 Å². The predicted octanol–water partition coefficient (Wildman–Crippen LogP) is 2.60. The van der Waals surface area contributed by atoms with Gasteiger partial charge in [-0.15, -0.1) is 0 Å². The van der Waals surface area contributed by atoms with Gasteiger partial charge >= 0.3 is 0 Å². The highest BCUT2D eigenvalue weighted by Gasteiger charge is 2.10. The molecule has 0 unspecified atom stereocenters. The molecule has 0 saturated heterocycles. The number of hydrogen-bond donors (Lipinski definition) is 1. The quantitative estimate of drug-likeness (QED) is 0.740. The number of benzene rings is 1. The van der Waals surface area contributed by atoms with E-state index in [1.807, 2.05) is 31.2 Å². The Morgan fingerprint density at radius 1 is 1.24 bits per heavy atom.